The Hall–Kier alpha value is -4.61. The van der Waals surface area contributed by atoms with Gasteiger partial charge in [0.25, 0.3) is 5.69 Å². The minimum Gasteiger partial charge on any atom is -0.494 e. The number of aliphatic carboxylic acids is 1. The van der Waals surface area contributed by atoms with E-state index in [2.05, 4.69) is 5.32 Å². The highest BCUT2D eigenvalue weighted by molar-refractivity contribution is 5.94. The number of rotatable bonds is 10. The van der Waals surface area contributed by atoms with Gasteiger partial charge in [-0.05, 0) is 50.1 Å². The molecule has 12 heteroatoms. The van der Waals surface area contributed by atoms with Gasteiger partial charge in [-0.1, -0.05) is 12.1 Å². The number of amides is 4. The number of anilines is 1. The zero-order valence-electron chi connectivity index (χ0n) is 21.1. The molecule has 1 atom stereocenters. The fraction of sp³-hybridized carbons (Fsp3) is 0.346. The number of carboxylic acid groups (broad SMARTS) is 1. The number of allylic oxidation sites excluding steroid dienone is 1. The molecule has 0 saturated carbocycles. The minimum atomic E-state index is -1.23. The molecule has 12 nitrogen and oxygen atoms in total. The maximum Gasteiger partial charge on any atom is 0.335 e. The Kier molecular flexibility index (Phi) is 7.79. The summed E-state index contributed by atoms with van der Waals surface area (Å²) in [7, 11) is 0. The van der Waals surface area contributed by atoms with E-state index in [1.807, 2.05) is 31.2 Å². The van der Waals surface area contributed by atoms with Crippen LogP contribution in [0.1, 0.15) is 31.9 Å². The summed E-state index contributed by atoms with van der Waals surface area (Å²) in [5.41, 5.74) is 0.992. The van der Waals surface area contributed by atoms with Crippen LogP contribution in [0.2, 0.25) is 0 Å². The summed E-state index contributed by atoms with van der Waals surface area (Å²) < 4.78 is 5.45. The van der Waals surface area contributed by atoms with Crippen LogP contribution in [0.3, 0.4) is 0 Å². The zero-order valence-corrected chi connectivity index (χ0v) is 21.1. The van der Waals surface area contributed by atoms with Crippen molar-refractivity contribution in [3.8, 4) is 5.75 Å². The third kappa shape index (κ3) is 5.38. The molecule has 0 aliphatic carbocycles. The molecule has 2 N–H and O–H groups in total. The predicted molar refractivity (Wildman–Crippen MR) is 138 cm³/mol. The highest BCUT2D eigenvalue weighted by Crippen LogP contribution is 2.35. The molecule has 2 aromatic carbocycles. The van der Waals surface area contributed by atoms with Crippen molar-refractivity contribution in [2.24, 2.45) is 0 Å². The molecule has 1 fully saturated rings. The van der Waals surface area contributed by atoms with E-state index < -0.39 is 23.0 Å². The minimum absolute atomic E-state index is 0.0657. The summed E-state index contributed by atoms with van der Waals surface area (Å²) in [5.74, 6) is -0.507. The van der Waals surface area contributed by atoms with Crippen LogP contribution in [0.15, 0.2) is 59.8 Å². The van der Waals surface area contributed by atoms with Crippen molar-refractivity contribution in [3.63, 3.8) is 0 Å². The van der Waals surface area contributed by atoms with E-state index in [1.165, 1.54) is 30.0 Å². The van der Waals surface area contributed by atoms with Crippen LogP contribution < -0.4 is 15.0 Å². The number of hydrogen-bond donors (Lipinski definition) is 2. The molecule has 2 heterocycles. The lowest BCUT2D eigenvalue weighted by atomic mass is 9.93. The average Bonchev–Trinajstić information content (AvgIpc) is 3.25. The maximum absolute atomic E-state index is 13.0. The fourth-order valence-corrected chi connectivity index (χ4v) is 4.79. The molecule has 0 aromatic heterocycles. The Morgan fingerprint density at radius 3 is 2.55 bits per heavy atom. The van der Waals surface area contributed by atoms with Crippen molar-refractivity contribution in [1.29, 1.82) is 0 Å². The van der Waals surface area contributed by atoms with Crippen LogP contribution in [0.25, 0.3) is 0 Å². The first-order chi connectivity index (χ1) is 18.2. The number of nitro groups is 1. The summed E-state index contributed by atoms with van der Waals surface area (Å²) in [6, 6.07) is 11.2. The summed E-state index contributed by atoms with van der Waals surface area (Å²) in [6.07, 6.45) is 0.383. The first-order valence-electron chi connectivity index (χ1n) is 12.3. The Bertz CT molecular complexity index is 1280. The number of hydrogen-bond acceptors (Lipinski definition) is 6. The quantitative estimate of drug-likeness (QED) is 0.356. The van der Waals surface area contributed by atoms with E-state index in [4.69, 9.17) is 4.74 Å². The van der Waals surface area contributed by atoms with Crippen LogP contribution >= 0.6 is 0 Å². The van der Waals surface area contributed by atoms with Crippen molar-refractivity contribution in [2.45, 2.75) is 26.3 Å². The first-order valence-corrected chi connectivity index (χ1v) is 12.3. The Morgan fingerprint density at radius 2 is 1.89 bits per heavy atom. The lowest BCUT2D eigenvalue weighted by Crippen LogP contribution is -2.49. The van der Waals surface area contributed by atoms with Crippen LogP contribution in [-0.4, -0.2) is 70.6 Å². The van der Waals surface area contributed by atoms with Crippen molar-refractivity contribution >= 4 is 29.4 Å². The van der Waals surface area contributed by atoms with Crippen molar-refractivity contribution in [3.05, 3.63) is 75.5 Å². The third-order valence-electron chi connectivity index (χ3n) is 6.55. The number of nitrogens with zero attached hydrogens (tertiary/aromatic N) is 4. The van der Waals surface area contributed by atoms with Crippen molar-refractivity contribution in [1.82, 2.24) is 15.1 Å². The SMILES string of the molecule is CCOc1ccc(N2CCN(CCCN3C(=O)NC(C)=C(C(=O)O)C3c3cccc([N+](=O)[O-])c3)C2=O)cc1. The predicted octanol–water partition coefficient (Wildman–Crippen LogP) is 3.75. The third-order valence-corrected chi connectivity index (χ3v) is 6.55. The van der Waals surface area contributed by atoms with Crippen LogP contribution in [0, 0.1) is 10.1 Å². The largest absolute Gasteiger partial charge is 0.494 e. The molecule has 4 amide bonds. The van der Waals surface area contributed by atoms with Gasteiger partial charge in [-0.2, -0.15) is 0 Å². The number of carboxylic acids is 1. The van der Waals surface area contributed by atoms with Gasteiger partial charge in [-0.15, -0.1) is 0 Å². The molecule has 0 bridgehead atoms. The first kappa shape index (κ1) is 26.5. The molecule has 1 saturated heterocycles. The second kappa shape index (κ2) is 11.2. The van der Waals surface area contributed by atoms with Crippen molar-refractivity contribution in [2.75, 3.05) is 37.7 Å². The van der Waals surface area contributed by atoms with Crippen LogP contribution in [-0.2, 0) is 4.79 Å². The molecule has 4 rings (SSSR count). The molecule has 38 heavy (non-hydrogen) atoms. The van der Waals surface area contributed by atoms with Gasteiger partial charge < -0.3 is 25.0 Å². The van der Waals surface area contributed by atoms with Crippen LogP contribution in [0.4, 0.5) is 21.0 Å². The summed E-state index contributed by atoms with van der Waals surface area (Å²) >= 11 is 0. The maximum atomic E-state index is 13.0. The molecule has 0 spiro atoms. The number of non-ortho nitro benzene ring substituents is 1. The number of carbonyl (C=O) groups excluding carboxylic acids is 2. The Labute approximate surface area is 219 Å². The molecule has 1 unspecified atom stereocenters. The Balaban J connectivity index is 1.47. The number of carbonyl (C=O) groups is 3. The highest BCUT2D eigenvalue weighted by atomic mass is 16.6. The fourth-order valence-electron chi connectivity index (χ4n) is 4.79. The number of ether oxygens (including phenoxy) is 1. The van der Waals surface area contributed by atoms with Crippen molar-refractivity contribution < 1.29 is 29.2 Å². The van der Waals surface area contributed by atoms with Gasteiger partial charge in [0, 0.05) is 49.7 Å². The topological polar surface area (TPSA) is 146 Å². The second-order valence-electron chi connectivity index (χ2n) is 8.92. The van der Waals surface area contributed by atoms with E-state index in [-0.39, 0.29) is 29.5 Å². The Morgan fingerprint density at radius 1 is 1.16 bits per heavy atom. The number of nitrogens with one attached hydrogen (secondary N) is 1. The van der Waals surface area contributed by atoms with Crippen LogP contribution in [0.5, 0.6) is 5.75 Å². The van der Waals surface area contributed by atoms with Gasteiger partial charge in [0.1, 0.15) is 5.75 Å². The molecule has 2 aliphatic heterocycles. The van der Waals surface area contributed by atoms with E-state index in [0.29, 0.717) is 38.2 Å². The number of nitro benzene ring substituents is 1. The molecule has 0 radical (unpaired) electrons. The van der Waals surface area contributed by atoms with E-state index >= 15 is 0 Å². The summed E-state index contributed by atoms with van der Waals surface area (Å²) in [5, 5.41) is 23.8. The van der Waals surface area contributed by atoms with Gasteiger partial charge in [0.2, 0.25) is 0 Å². The molecule has 200 valence electrons. The average molecular weight is 524 g/mol. The molecule has 2 aromatic rings. The second-order valence-corrected chi connectivity index (χ2v) is 8.92. The van der Waals surface area contributed by atoms with Gasteiger partial charge in [-0.25, -0.2) is 14.4 Å². The zero-order chi connectivity index (χ0) is 27.4. The molecular formula is C26H29N5O7. The molecular weight excluding hydrogens is 494 g/mol. The lowest BCUT2D eigenvalue weighted by Gasteiger charge is -2.37. The molecule has 2 aliphatic rings. The van der Waals surface area contributed by atoms with Gasteiger partial charge in [-0.3, -0.25) is 15.0 Å². The van der Waals surface area contributed by atoms with E-state index in [1.54, 1.807) is 15.9 Å². The van der Waals surface area contributed by atoms with Gasteiger partial charge in [0.15, 0.2) is 0 Å². The number of benzene rings is 2. The van der Waals surface area contributed by atoms with E-state index in [9.17, 15) is 29.6 Å². The summed E-state index contributed by atoms with van der Waals surface area (Å²) in [4.78, 5) is 53.5. The van der Waals surface area contributed by atoms with Gasteiger partial charge in [0.05, 0.1) is 23.1 Å². The normalized spacial score (nSPS) is 17.6. The highest BCUT2D eigenvalue weighted by Gasteiger charge is 2.38. The smallest absolute Gasteiger partial charge is 0.335 e. The lowest BCUT2D eigenvalue weighted by molar-refractivity contribution is -0.384. The number of urea groups is 2. The van der Waals surface area contributed by atoms with E-state index in [0.717, 1.165) is 11.4 Å². The summed E-state index contributed by atoms with van der Waals surface area (Å²) in [6.45, 7) is 5.44. The standard InChI is InChI=1S/C26H29N5O7/c1-3-38-21-10-8-19(9-11-21)29-15-14-28(26(29)35)12-5-13-30-23(18-6-4-7-20(16-18)31(36)37)22(24(32)33)17(2)27-25(30)34/h4,6-11,16,23H,3,5,12-15H2,1-2H3,(H,27,34)(H,32,33). The van der Waals surface area contributed by atoms with Gasteiger partial charge >= 0.3 is 18.0 Å². The monoisotopic (exact) mass is 523 g/mol.